The van der Waals surface area contributed by atoms with Crippen LogP contribution in [0, 0.1) is 0 Å². The standard InChI is InChI=1S/C13H24N4O2/c1-2-7-16-9-4-13(5-10-16)11(18)17(8-3-6-14)12(19)15-13/h2-10,14H2,1H3,(H,15,19). The normalized spacial score (nSPS) is 23.2. The number of rotatable bonds is 5. The third-order valence-electron chi connectivity index (χ3n) is 4.08. The Bertz CT molecular complexity index is 351. The minimum absolute atomic E-state index is 0.0536. The van der Waals surface area contributed by atoms with Gasteiger partial charge in [0.25, 0.3) is 5.91 Å². The van der Waals surface area contributed by atoms with Crippen LogP contribution in [0.25, 0.3) is 0 Å². The summed E-state index contributed by atoms with van der Waals surface area (Å²) in [5.41, 5.74) is 4.80. The minimum atomic E-state index is -0.643. The van der Waals surface area contributed by atoms with Crippen LogP contribution >= 0.6 is 0 Å². The highest BCUT2D eigenvalue weighted by atomic mass is 16.2. The molecular formula is C13H24N4O2. The van der Waals surface area contributed by atoms with E-state index in [0.717, 1.165) is 38.9 Å². The topological polar surface area (TPSA) is 78.7 Å². The summed E-state index contributed by atoms with van der Waals surface area (Å²) in [5.74, 6) is -0.0536. The number of likely N-dealkylation sites (tertiary alicyclic amines) is 1. The first-order valence-corrected chi connectivity index (χ1v) is 7.19. The largest absolute Gasteiger partial charge is 0.330 e. The molecule has 0 aromatic carbocycles. The van der Waals surface area contributed by atoms with Crippen LogP contribution in [0.4, 0.5) is 4.79 Å². The van der Waals surface area contributed by atoms with Crippen molar-refractivity contribution in [2.45, 2.75) is 38.1 Å². The predicted octanol–water partition coefficient (Wildman–Crippen LogP) is 0.132. The zero-order valence-corrected chi connectivity index (χ0v) is 11.7. The van der Waals surface area contributed by atoms with Crippen LogP contribution in [0.15, 0.2) is 0 Å². The molecule has 2 aliphatic heterocycles. The molecule has 0 aromatic heterocycles. The fourth-order valence-electron chi connectivity index (χ4n) is 2.94. The number of carbonyl (C=O) groups is 2. The third-order valence-corrected chi connectivity index (χ3v) is 4.08. The second-order valence-electron chi connectivity index (χ2n) is 5.45. The molecule has 2 saturated heterocycles. The van der Waals surface area contributed by atoms with Crippen LogP contribution < -0.4 is 11.1 Å². The number of hydrogen-bond donors (Lipinski definition) is 2. The molecule has 6 nitrogen and oxygen atoms in total. The van der Waals surface area contributed by atoms with Crippen molar-refractivity contribution in [2.24, 2.45) is 5.73 Å². The van der Waals surface area contributed by atoms with Gasteiger partial charge in [-0.05, 0) is 38.8 Å². The van der Waals surface area contributed by atoms with Crippen molar-refractivity contribution in [1.29, 1.82) is 0 Å². The maximum Gasteiger partial charge on any atom is 0.325 e. The van der Waals surface area contributed by atoms with Crippen molar-refractivity contribution in [2.75, 3.05) is 32.7 Å². The van der Waals surface area contributed by atoms with Gasteiger partial charge in [0.15, 0.2) is 0 Å². The Kier molecular flexibility index (Phi) is 4.42. The molecule has 0 saturated carbocycles. The molecule has 1 spiro atoms. The molecule has 2 fully saturated rings. The summed E-state index contributed by atoms with van der Waals surface area (Å²) in [6.45, 7) is 5.90. The van der Waals surface area contributed by atoms with Gasteiger partial charge in [-0.3, -0.25) is 9.69 Å². The number of amides is 3. The lowest BCUT2D eigenvalue weighted by atomic mass is 9.87. The number of nitrogens with one attached hydrogen (secondary N) is 1. The number of urea groups is 1. The quantitative estimate of drug-likeness (QED) is 0.695. The molecule has 3 N–H and O–H groups in total. The first-order chi connectivity index (χ1) is 9.13. The monoisotopic (exact) mass is 268 g/mol. The van der Waals surface area contributed by atoms with Crippen LogP contribution in [0.3, 0.4) is 0 Å². The number of hydrogen-bond acceptors (Lipinski definition) is 4. The number of nitrogens with two attached hydrogens (primary N) is 1. The summed E-state index contributed by atoms with van der Waals surface area (Å²) < 4.78 is 0. The van der Waals surface area contributed by atoms with Crippen molar-refractivity contribution in [1.82, 2.24) is 15.1 Å². The van der Waals surface area contributed by atoms with Gasteiger partial charge in [-0.25, -0.2) is 4.79 Å². The van der Waals surface area contributed by atoms with E-state index >= 15 is 0 Å². The molecule has 0 aromatic rings. The summed E-state index contributed by atoms with van der Waals surface area (Å²) in [7, 11) is 0. The van der Waals surface area contributed by atoms with Crippen molar-refractivity contribution in [3.05, 3.63) is 0 Å². The number of imide groups is 1. The summed E-state index contributed by atoms with van der Waals surface area (Å²) in [6, 6.07) is -0.248. The van der Waals surface area contributed by atoms with Gasteiger partial charge in [-0.15, -0.1) is 0 Å². The van der Waals surface area contributed by atoms with Gasteiger partial charge < -0.3 is 16.0 Å². The predicted molar refractivity (Wildman–Crippen MR) is 72.6 cm³/mol. The zero-order valence-electron chi connectivity index (χ0n) is 11.7. The Morgan fingerprint density at radius 1 is 1.26 bits per heavy atom. The van der Waals surface area contributed by atoms with Crippen molar-refractivity contribution in [3.63, 3.8) is 0 Å². The van der Waals surface area contributed by atoms with Crippen LogP contribution in [0.5, 0.6) is 0 Å². The molecule has 6 heteroatoms. The summed E-state index contributed by atoms with van der Waals surface area (Å²) >= 11 is 0. The lowest BCUT2D eigenvalue weighted by Crippen LogP contribution is -2.55. The highest BCUT2D eigenvalue weighted by Crippen LogP contribution is 2.29. The SMILES string of the molecule is CCCN1CCC2(CC1)NC(=O)N(CCCN)C2=O. The Hall–Kier alpha value is -1.14. The van der Waals surface area contributed by atoms with E-state index in [-0.39, 0.29) is 11.9 Å². The molecule has 0 atom stereocenters. The smallest absolute Gasteiger partial charge is 0.325 e. The van der Waals surface area contributed by atoms with Crippen LogP contribution in [0.2, 0.25) is 0 Å². The third kappa shape index (κ3) is 2.74. The van der Waals surface area contributed by atoms with Crippen LogP contribution in [0.1, 0.15) is 32.6 Å². The van der Waals surface area contributed by atoms with E-state index < -0.39 is 5.54 Å². The van der Waals surface area contributed by atoms with E-state index in [4.69, 9.17) is 5.73 Å². The van der Waals surface area contributed by atoms with E-state index in [1.54, 1.807) is 0 Å². The van der Waals surface area contributed by atoms with Crippen molar-refractivity contribution < 1.29 is 9.59 Å². The van der Waals surface area contributed by atoms with Crippen LogP contribution in [-0.2, 0) is 4.79 Å². The van der Waals surface area contributed by atoms with E-state index in [0.29, 0.717) is 19.5 Å². The van der Waals surface area contributed by atoms with Gasteiger partial charge in [0.05, 0.1) is 0 Å². The molecule has 0 bridgehead atoms. The van der Waals surface area contributed by atoms with Crippen molar-refractivity contribution >= 4 is 11.9 Å². The molecule has 2 rings (SSSR count). The highest BCUT2D eigenvalue weighted by molar-refractivity contribution is 6.07. The highest BCUT2D eigenvalue weighted by Gasteiger charge is 2.51. The molecule has 0 unspecified atom stereocenters. The van der Waals surface area contributed by atoms with Crippen molar-refractivity contribution in [3.8, 4) is 0 Å². The summed E-state index contributed by atoms with van der Waals surface area (Å²) in [5, 5.41) is 2.91. The lowest BCUT2D eigenvalue weighted by molar-refractivity contribution is -0.133. The Balaban J connectivity index is 1.98. The maximum atomic E-state index is 12.4. The van der Waals surface area contributed by atoms with Gasteiger partial charge in [-0.1, -0.05) is 6.92 Å². The molecule has 2 heterocycles. The van der Waals surface area contributed by atoms with Crippen LogP contribution in [-0.4, -0.2) is 60.0 Å². The number of piperidine rings is 1. The maximum absolute atomic E-state index is 12.4. The first kappa shape index (κ1) is 14.3. The summed E-state index contributed by atoms with van der Waals surface area (Å²) in [4.78, 5) is 28.0. The van der Waals surface area contributed by atoms with E-state index in [1.807, 2.05) is 0 Å². The molecule has 108 valence electrons. The number of nitrogens with zero attached hydrogens (tertiary/aromatic N) is 2. The second-order valence-corrected chi connectivity index (χ2v) is 5.45. The molecule has 3 amide bonds. The Morgan fingerprint density at radius 3 is 2.53 bits per heavy atom. The van der Waals surface area contributed by atoms with Gasteiger partial charge in [-0.2, -0.15) is 0 Å². The first-order valence-electron chi connectivity index (χ1n) is 7.19. The fourth-order valence-corrected chi connectivity index (χ4v) is 2.94. The average molecular weight is 268 g/mol. The van der Waals surface area contributed by atoms with E-state index in [9.17, 15) is 9.59 Å². The minimum Gasteiger partial charge on any atom is -0.330 e. The summed E-state index contributed by atoms with van der Waals surface area (Å²) in [6.07, 6.45) is 3.22. The van der Waals surface area contributed by atoms with Gasteiger partial charge in [0.2, 0.25) is 0 Å². The molecular weight excluding hydrogens is 244 g/mol. The zero-order chi connectivity index (χ0) is 13.9. The van der Waals surface area contributed by atoms with E-state index in [1.165, 1.54) is 4.90 Å². The molecule has 0 radical (unpaired) electrons. The second kappa shape index (κ2) is 5.88. The van der Waals surface area contributed by atoms with Gasteiger partial charge in [0, 0.05) is 19.6 Å². The van der Waals surface area contributed by atoms with E-state index in [2.05, 4.69) is 17.1 Å². The molecule has 0 aliphatic carbocycles. The van der Waals surface area contributed by atoms with Gasteiger partial charge >= 0.3 is 6.03 Å². The average Bonchev–Trinajstić information content (AvgIpc) is 2.63. The Morgan fingerprint density at radius 2 is 1.95 bits per heavy atom. The lowest BCUT2D eigenvalue weighted by Gasteiger charge is -2.37. The van der Waals surface area contributed by atoms with Gasteiger partial charge in [0.1, 0.15) is 5.54 Å². The Labute approximate surface area is 114 Å². The molecule has 19 heavy (non-hydrogen) atoms. The number of carbonyl (C=O) groups excluding carboxylic acids is 2. The fraction of sp³-hybridized carbons (Fsp3) is 0.846. The molecule has 2 aliphatic rings.